The first-order valence-corrected chi connectivity index (χ1v) is 11.5. The molecule has 1 amide bonds. The van der Waals surface area contributed by atoms with E-state index in [0.29, 0.717) is 25.3 Å². The van der Waals surface area contributed by atoms with Gasteiger partial charge >= 0.3 is 5.97 Å². The highest BCUT2D eigenvalue weighted by molar-refractivity contribution is 7.99. The number of benzene rings is 1. The zero-order chi connectivity index (χ0) is 19.8. The van der Waals surface area contributed by atoms with Crippen LogP contribution in [0, 0.1) is 0 Å². The van der Waals surface area contributed by atoms with Crippen molar-refractivity contribution in [3.05, 3.63) is 58.3 Å². The van der Waals surface area contributed by atoms with Crippen molar-refractivity contribution in [3.63, 3.8) is 0 Å². The maximum absolute atomic E-state index is 12.6. The van der Waals surface area contributed by atoms with Crippen molar-refractivity contribution in [1.29, 1.82) is 0 Å². The molecule has 1 aromatic carbocycles. The lowest BCUT2D eigenvalue weighted by Crippen LogP contribution is -2.52. The molecular weight excluding hydrogens is 392 g/mol. The molecule has 3 rings (SSSR count). The van der Waals surface area contributed by atoms with E-state index >= 15 is 0 Å². The molecule has 2 aromatic rings. The summed E-state index contributed by atoms with van der Waals surface area (Å²) >= 11 is 3.41. The number of carbonyl (C=O) groups is 2. The van der Waals surface area contributed by atoms with Crippen molar-refractivity contribution < 1.29 is 14.3 Å². The molecule has 1 aromatic heterocycles. The van der Waals surface area contributed by atoms with Gasteiger partial charge in [-0.25, -0.2) is 0 Å². The summed E-state index contributed by atoms with van der Waals surface area (Å²) in [6, 6.07) is 11.2. The van der Waals surface area contributed by atoms with Crippen molar-refractivity contribution in [2.45, 2.75) is 37.1 Å². The summed E-state index contributed by atoms with van der Waals surface area (Å²) in [5.41, 5.74) is 2.40. The summed E-state index contributed by atoms with van der Waals surface area (Å²) in [5, 5.41) is 10.7. The molecule has 150 valence electrons. The Morgan fingerprint density at radius 3 is 2.86 bits per heavy atom. The fourth-order valence-corrected chi connectivity index (χ4v) is 5.18. The molecule has 3 atom stereocenters. The summed E-state index contributed by atoms with van der Waals surface area (Å²) in [7, 11) is 0. The number of nitrogens with one attached hydrogen (secondary N) is 2. The van der Waals surface area contributed by atoms with Gasteiger partial charge in [-0.3, -0.25) is 14.9 Å². The smallest absolute Gasteiger partial charge is 0.323 e. The summed E-state index contributed by atoms with van der Waals surface area (Å²) < 4.78 is 5.24. The zero-order valence-corrected chi connectivity index (χ0v) is 17.6. The molecule has 28 heavy (non-hydrogen) atoms. The molecule has 2 heterocycles. The Labute approximate surface area is 174 Å². The fourth-order valence-electron chi connectivity index (χ4n) is 3.17. The van der Waals surface area contributed by atoms with E-state index in [4.69, 9.17) is 4.74 Å². The standard InChI is InChI=1S/C21H26N2O3S2/c1-2-26-21(25)17(9-8-15-6-4-3-5-7-15)23-18-14-28-19(12-22-20(18)24)16-10-11-27-13-16/h3-7,10-11,13,17-19,23H,2,8-9,12,14H2,1H3,(H,22,24)/t17-,18-,19-/m0/s1. The van der Waals surface area contributed by atoms with Gasteiger partial charge in [-0.05, 0) is 47.7 Å². The second kappa shape index (κ2) is 10.6. The lowest BCUT2D eigenvalue weighted by atomic mass is 10.0. The summed E-state index contributed by atoms with van der Waals surface area (Å²) in [6.07, 6.45) is 1.33. The normalized spacial score (nSPS) is 20.8. The van der Waals surface area contributed by atoms with Crippen LogP contribution in [0.5, 0.6) is 0 Å². The minimum atomic E-state index is -0.505. The average Bonchev–Trinajstić information content (AvgIpc) is 3.18. The van der Waals surface area contributed by atoms with Gasteiger partial charge in [-0.2, -0.15) is 11.3 Å². The van der Waals surface area contributed by atoms with Gasteiger partial charge in [0.05, 0.1) is 12.6 Å². The molecule has 0 unspecified atom stereocenters. The quantitative estimate of drug-likeness (QED) is 0.645. The van der Waals surface area contributed by atoms with E-state index in [9.17, 15) is 9.59 Å². The first-order valence-electron chi connectivity index (χ1n) is 9.55. The van der Waals surface area contributed by atoms with Gasteiger partial charge in [-0.1, -0.05) is 30.3 Å². The van der Waals surface area contributed by atoms with Crippen LogP contribution in [0.2, 0.25) is 0 Å². The highest BCUT2D eigenvalue weighted by atomic mass is 32.2. The number of hydrogen-bond donors (Lipinski definition) is 2. The van der Waals surface area contributed by atoms with Crippen molar-refractivity contribution >= 4 is 35.0 Å². The Hall–Kier alpha value is -1.83. The third kappa shape index (κ3) is 5.83. The Morgan fingerprint density at radius 1 is 1.32 bits per heavy atom. The summed E-state index contributed by atoms with van der Waals surface area (Å²) in [4.78, 5) is 25.0. The number of carbonyl (C=O) groups excluding carboxylic acids is 2. The van der Waals surface area contributed by atoms with Crippen molar-refractivity contribution in [2.75, 3.05) is 18.9 Å². The third-order valence-corrected chi connectivity index (χ3v) is 6.76. The van der Waals surface area contributed by atoms with Gasteiger partial charge in [0.2, 0.25) is 5.91 Å². The number of rotatable bonds is 8. The predicted molar refractivity (Wildman–Crippen MR) is 115 cm³/mol. The maximum Gasteiger partial charge on any atom is 0.323 e. The molecule has 1 saturated heterocycles. The number of esters is 1. The van der Waals surface area contributed by atoms with E-state index in [1.807, 2.05) is 30.3 Å². The van der Waals surface area contributed by atoms with Crippen molar-refractivity contribution in [1.82, 2.24) is 10.6 Å². The minimum Gasteiger partial charge on any atom is -0.465 e. The summed E-state index contributed by atoms with van der Waals surface area (Å²) in [6.45, 7) is 2.73. The van der Waals surface area contributed by atoms with Crippen molar-refractivity contribution in [3.8, 4) is 0 Å². The Morgan fingerprint density at radius 2 is 2.14 bits per heavy atom. The van der Waals surface area contributed by atoms with E-state index in [2.05, 4.69) is 27.5 Å². The molecule has 5 nitrogen and oxygen atoms in total. The van der Waals surface area contributed by atoms with Crippen LogP contribution in [0.25, 0.3) is 0 Å². The highest BCUT2D eigenvalue weighted by Gasteiger charge is 2.31. The molecule has 0 bridgehead atoms. The highest BCUT2D eigenvalue weighted by Crippen LogP contribution is 2.31. The van der Waals surface area contributed by atoms with Crippen LogP contribution in [-0.4, -0.2) is 42.9 Å². The molecule has 1 aliphatic rings. The number of amides is 1. The Kier molecular flexibility index (Phi) is 7.94. The number of aryl methyl sites for hydroxylation is 1. The van der Waals surface area contributed by atoms with Crippen LogP contribution in [0.3, 0.4) is 0 Å². The van der Waals surface area contributed by atoms with Gasteiger partial charge in [0.15, 0.2) is 0 Å². The molecular formula is C21H26N2O3S2. The minimum absolute atomic E-state index is 0.0563. The Balaban J connectivity index is 1.63. The van der Waals surface area contributed by atoms with E-state index in [-0.39, 0.29) is 17.1 Å². The lowest BCUT2D eigenvalue weighted by molar-refractivity contribution is -0.146. The van der Waals surface area contributed by atoms with Gasteiger partial charge in [0.25, 0.3) is 0 Å². The molecule has 7 heteroatoms. The average molecular weight is 419 g/mol. The number of hydrogen-bond acceptors (Lipinski definition) is 6. The largest absolute Gasteiger partial charge is 0.465 e. The monoisotopic (exact) mass is 418 g/mol. The third-order valence-electron chi connectivity index (χ3n) is 4.70. The molecule has 2 N–H and O–H groups in total. The van der Waals surface area contributed by atoms with Crippen LogP contribution in [-0.2, 0) is 20.7 Å². The van der Waals surface area contributed by atoms with Crippen LogP contribution in [0.1, 0.15) is 29.7 Å². The SMILES string of the molecule is CCOC(=O)[C@H](CCc1ccccc1)N[C@H]1CS[C@H](c2ccsc2)CNC1=O. The van der Waals surface area contributed by atoms with Gasteiger partial charge in [0, 0.05) is 17.5 Å². The van der Waals surface area contributed by atoms with Gasteiger partial charge in [0.1, 0.15) is 6.04 Å². The maximum atomic E-state index is 12.6. The number of ether oxygens (including phenoxy) is 1. The second-order valence-electron chi connectivity index (χ2n) is 6.67. The van der Waals surface area contributed by atoms with Crippen LogP contribution >= 0.6 is 23.1 Å². The predicted octanol–water partition coefficient (Wildman–Crippen LogP) is 3.17. The van der Waals surface area contributed by atoms with Crippen LogP contribution < -0.4 is 10.6 Å². The van der Waals surface area contributed by atoms with Crippen LogP contribution in [0.15, 0.2) is 47.2 Å². The van der Waals surface area contributed by atoms with Gasteiger partial charge < -0.3 is 10.1 Å². The summed E-state index contributed by atoms with van der Waals surface area (Å²) in [5.74, 6) is 0.266. The lowest BCUT2D eigenvalue weighted by Gasteiger charge is -2.22. The van der Waals surface area contributed by atoms with E-state index in [0.717, 1.165) is 12.0 Å². The number of thiophene rings is 1. The molecule has 0 aliphatic carbocycles. The topological polar surface area (TPSA) is 67.4 Å². The molecule has 0 radical (unpaired) electrons. The zero-order valence-electron chi connectivity index (χ0n) is 15.9. The number of thioether (sulfide) groups is 1. The first kappa shape index (κ1) is 20.9. The molecule has 1 fully saturated rings. The van der Waals surface area contributed by atoms with Gasteiger partial charge in [-0.15, -0.1) is 11.8 Å². The fraction of sp³-hybridized carbons (Fsp3) is 0.429. The van der Waals surface area contributed by atoms with E-state index in [1.165, 1.54) is 5.56 Å². The molecule has 0 spiro atoms. The van der Waals surface area contributed by atoms with Crippen molar-refractivity contribution in [2.24, 2.45) is 0 Å². The first-order chi connectivity index (χ1) is 13.7. The molecule has 0 saturated carbocycles. The molecule has 1 aliphatic heterocycles. The van der Waals surface area contributed by atoms with Crippen LogP contribution in [0.4, 0.5) is 0 Å². The van der Waals surface area contributed by atoms with E-state index < -0.39 is 12.1 Å². The second-order valence-corrected chi connectivity index (χ2v) is 8.69. The Bertz CT molecular complexity index is 752. The van der Waals surface area contributed by atoms with E-state index in [1.54, 1.807) is 30.0 Å².